The van der Waals surface area contributed by atoms with Crippen molar-refractivity contribution in [2.45, 2.75) is 0 Å². The maximum absolute atomic E-state index is 14.7. The number of benzene rings is 7. The van der Waals surface area contributed by atoms with Crippen molar-refractivity contribution in [3.05, 3.63) is 175 Å². The summed E-state index contributed by atoms with van der Waals surface area (Å²) in [7, 11) is 0. The van der Waals surface area contributed by atoms with Crippen LogP contribution in [0.3, 0.4) is 0 Å². The molecule has 0 bridgehead atoms. The molecular formula is C45H25F4N5. The Morgan fingerprint density at radius 2 is 0.630 bits per heavy atom. The maximum atomic E-state index is 14.7. The molecule has 7 aromatic carbocycles. The first-order valence-electron chi connectivity index (χ1n) is 17.2. The third-order valence-corrected chi connectivity index (χ3v) is 9.75. The van der Waals surface area contributed by atoms with Gasteiger partial charge in [0.2, 0.25) is 0 Å². The molecule has 258 valence electrons. The van der Waals surface area contributed by atoms with Crippen LogP contribution in [0.25, 0.3) is 89.2 Å². The lowest BCUT2D eigenvalue weighted by molar-refractivity contribution is 0.628. The van der Waals surface area contributed by atoms with E-state index in [1.54, 1.807) is 24.3 Å². The van der Waals surface area contributed by atoms with Crippen molar-refractivity contribution in [1.82, 2.24) is 24.1 Å². The molecule has 0 saturated carbocycles. The molecule has 3 aromatic heterocycles. The monoisotopic (exact) mass is 711 g/mol. The fraction of sp³-hybridized carbons (Fsp3) is 0. The Kier molecular flexibility index (Phi) is 7.16. The van der Waals surface area contributed by atoms with Crippen molar-refractivity contribution >= 4 is 43.6 Å². The van der Waals surface area contributed by atoms with Gasteiger partial charge in [-0.25, -0.2) is 32.5 Å². The second-order valence-corrected chi connectivity index (χ2v) is 13.1. The number of fused-ring (bicyclic) bond motifs is 6. The Morgan fingerprint density at radius 1 is 0.315 bits per heavy atom. The lowest BCUT2D eigenvalue weighted by Gasteiger charge is -2.16. The summed E-state index contributed by atoms with van der Waals surface area (Å²) in [5.41, 5.74) is 6.09. The Balaban J connectivity index is 1.32. The highest BCUT2D eigenvalue weighted by Gasteiger charge is 2.21. The molecule has 0 unspecified atom stereocenters. The van der Waals surface area contributed by atoms with Gasteiger partial charge in [0.15, 0.2) is 17.5 Å². The van der Waals surface area contributed by atoms with Crippen LogP contribution in [-0.4, -0.2) is 24.1 Å². The van der Waals surface area contributed by atoms with Gasteiger partial charge in [-0.15, -0.1) is 0 Å². The standard InChI is InChI=1S/C45H25F4N5/c46-29-11-15-39-35(21-29)36-22-30(47)12-16-40(36)53(39)33-19-28(45-51-43(26-7-3-1-4-8-26)50-44(52-45)27-9-5-2-6-10-27)20-34(25-33)54-41-17-13-31(48)23-37(41)38-24-32(49)14-18-42(38)54/h1-25H. The quantitative estimate of drug-likeness (QED) is 0.167. The Hall–Kier alpha value is -7.13. The molecule has 0 N–H and O–H groups in total. The van der Waals surface area contributed by atoms with Crippen LogP contribution < -0.4 is 0 Å². The predicted molar refractivity (Wildman–Crippen MR) is 205 cm³/mol. The summed E-state index contributed by atoms with van der Waals surface area (Å²) in [4.78, 5) is 14.9. The van der Waals surface area contributed by atoms with Crippen LogP contribution in [0.1, 0.15) is 0 Å². The van der Waals surface area contributed by atoms with Crippen molar-refractivity contribution in [3.63, 3.8) is 0 Å². The molecule has 0 saturated heterocycles. The normalized spacial score (nSPS) is 11.7. The number of aromatic nitrogens is 5. The highest BCUT2D eigenvalue weighted by Crippen LogP contribution is 2.38. The molecule has 10 aromatic rings. The minimum atomic E-state index is -0.447. The zero-order valence-corrected chi connectivity index (χ0v) is 28.2. The van der Waals surface area contributed by atoms with Crippen LogP contribution in [0.15, 0.2) is 152 Å². The molecule has 0 amide bonds. The van der Waals surface area contributed by atoms with E-state index in [0.717, 1.165) is 11.1 Å². The lowest BCUT2D eigenvalue weighted by Crippen LogP contribution is -2.03. The van der Waals surface area contributed by atoms with Crippen molar-refractivity contribution in [3.8, 4) is 45.5 Å². The predicted octanol–water partition coefficient (Wildman–Crippen LogP) is 11.6. The second-order valence-electron chi connectivity index (χ2n) is 13.1. The number of hydrogen-bond donors (Lipinski definition) is 0. The average Bonchev–Trinajstić information content (AvgIpc) is 3.69. The van der Waals surface area contributed by atoms with E-state index in [1.807, 2.05) is 88.0 Å². The third-order valence-electron chi connectivity index (χ3n) is 9.75. The molecule has 0 radical (unpaired) electrons. The molecule has 0 atom stereocenters. The summed E-state index contributed by atoms with van der Waals surface area (Å²) in [5.74, 6) is -0.473. The summed E-state index contributed by atoms with van der Waals surface area (Å²) in [5, 5.41) is 2.16. The average molecular weight is 712 g/mol. The second kappa shape index (κ2) is 12.2. The molecule has 5 nitrogen and oxygen atoms in total. The summed E-state index contributed by atoms with van der Waals surface area (Å²) < 4.78 is 62.8. The van der Waals surface area contributed by atoms with Gasteiger partial charge < -0.3 is 9.13 Å². The first-order valence-corrected chi connectivity index (χ1v) is 17.2. The van der Waals surface area contributed by atoms with Gasteiger partial charge in [-0.1, -0.05) is 60.7 Å². The van der Waals surface area contributed by atoms with Gasteiger partial charge in [-0.2, -0.15) is 0 Å². The SMILES string of the molecule is Fc1ccc2c(c1)c1cc(F)ccc1n2-c1cc(-c2nc(-c3ccccc3)nc(-c3ccccc3)n2)cc(-n2c3ccc(F)cc3c3cc(F)ccc32)c1. The Bertz CT molecular complexity index is 2780. The zero-order chi connectivity index (χ0) is 36.5. The van der Waals surface area contributed by atoms with Gasteiger partial charge in [0.25, 0.3) is 0 Å². The summed E-state index contributed by atoms with van der Waals surface area (Å²) in [6.45, 7) is 0. The molecule has 10 rings (SSSR count). The minimum absolute atomic E-state index is 0.376. The summed E-state index contributed by atoms with van der Waals surface area (Å²) in [6.07, 6.45) is 0. The van der Waals surface area contributed by atoms with Gasteiger partial charge in [0.05, 0.1) is 22.1 Å². The van der Waals surface area contributed by atoms with Crippen LogP contribution in [0, 0.1) is 23.3 Å². The number of hydrogen-bond acceptors (Lipinski definition) is 3. The van der Waals surface area contributed by atoms with Crippen molar-refractivity contribution in [1.29, 1.82) is 0 Å². The van der Waals surface area contributed by atoms with E-state index in [1.165, 1.54) is 48.5 Å². The molecule has 0 aliphatic carbocycles. The van der Waals surface area contributed by atoms with E-state index < -0.39 is 23.3 Å². The van der Waals surface area contributed by atoms with Gasteiger partial charge >= 0.3 is 0 Å². The molecule has 54 heavy (non-hydrogen) atoms. The van der Waals surface area contributed by atoms with Gasteiger partial charge in [-0.05, 0) is 91.0 Å². The topological polar surface area (TPSA) is 48.5 Å². The van der Waals surface area contributed by atoms with E-state index in [-0.39, 0.29) is 0 Å². The molecule has 3 heterocycles. The Labute approximate surface area is 305 Å². The lowest BCUT2D eigenvalue weighted by atomic mass is 10.1. The van der Waals surface area contributed by atoms with Crippen LogP contribution >= 0.6 is 0 Å². The van der Waals surface area contributed by atoms with Crippen molar-refractivity contribution in [2.75, 3.05) is 0 Å². The summed E-state index contributed by atoms with van der Waals surface area (Å²) >= 11 is 0. The van der Waals surface area contributed by atoms with Crippen molar-refractivity contribution < 1.29 is 17.6 Å². The number of halogens is 4. The molecular weight excluding hydrogens is 687 g/mol. The van der Waals surface area contributed by atoms with E-state index >= 15 is 0 Å². The maximum Gasteiger partial charge on any atom is 0.164 e. The number of nitrogens with zero attached hydrogens (tertiary/aromatic N) is 5. The fourth-order valence-electron chi connectivity index (χ4n) is 7.41. The van der Waals surface area contributed by atoms with Crippen LogP contribution in [0.5, 0.6) is 0 Å². The van der Waals surface area contributed by atoms with E-state index in [9.17, 15) is 17.6 Å². The van der Waals surface area contributed by atoms with Gasteiger partial charge in [0.1, 0.15) is 23.3 Å². The van der Waals surface area contributed by atoms with Crippen molar-refractivity contribution in [2.24, 2.45) is 0 Å². The molecule has 0 spiro atoms. The highest BCUT2D eigenvalue weighted by molar-refractivity contribution is 6.10. The number of rotatable bonds is 5. The smallest absolute Gasteiger partial charge is 0.164 e. The molecule has 0 aliphatic heterocycles. The highest BCUT2D eigenvalue weighted by atomic mass is 19.1. The first kappa shape index (κ1) is 31.6. The molecule has 9 heteroatoms. The largest absolute Gasteiger partial charge is 0.309 e. The first-order chi connectivity index (χ1) is 26.4. The van der Waals surface area contributed by atoms with E-state index in [2.05, 4.69) is 0 Å². The van der Waals surface area contributed by atoms with Crippen LogP contribution in [-0.2, 0) is 0 Å². The zero-order valence-electron chi connectivity index (χ0n) is 28.2. The van der Waals surface area contributed by atoms with E-state index in [0.29, 0.717) is 78.0 Å². The third kappa shape index (κ3) is 5.20. The molecule has 0 fully saturated rings. The van der Waals surface area contributed by atoms with E-state index in [4.69, 9.17) is 15.0 Å². The van der Waals surface area contributed by atoms with Crippen LogP contribution in [0.4, 0.5) is 17.6 Å². The molecule has 0 aliphatic rings. The minimum Gasteiger partial charge on any atom is -0.309 e. The van der Waals surface area contributed by atoms with Gasteiger partial charge in [-0.3, -0.25) is 0 Å². The van der Waals surface area contributed by atoms with Crippen LogP contribution in [0.2, 0.25) is 0 Å². The van der Waals surface area contributed by atoms with Gasteiger partial charge in [0, 0.05) is 49.6 Å². The summed E-state index contributed by atoms with van der Waals surface area (Å²) in [6, 6.07) is 42.8. The fourth-order valence-corrected chi connectivity index (χ4v) is 7.41. The Morgan fingerprint density at radius 3 is 0.963 bits per heavy atom.